The van der Waals surface area contributed by atoms with Gasteiger partial charge in [0.15, 0.2) is 0 Å². The SMILES string of the molecule is COCCNC(=O)C1(Cc2ccccc2-c2ccc(C)cc2C)CCOCC1. The molecule has 1 fully saturated rings. The van der Waals surface area contributed by atoms with Crippen LogP contribution in [0.3, 0.4) is 0 Å². The van der Waals surface area contributed by atoms with Gasteiger partial charge in [0.1, 0.15) is 0 Å². The molecule has 1 aliphatic rings. The summed E-state index contributed by atoms with van der Waals surface area (Å²) in [4.78, 5) is 13.1. The molecule has 28 heavy (non-hydrogen) atoms. The van der Waals surface area contributed by atoms with Gasteiger partial charge in [0.2, 0.25) is 5.91 Å². The van der Waals surface area contributed by atoms with E-state index in [0.717, 1.165) is 19.3 Å². The number of ether oxygens (including phenoxy) is 2. The molecule has 1 aliphatic heterocycles. The molecule has 150 valence electrons. The van der Waals surface area contributed by atoms with Crippen LogP contribution in [0.4, 0.5) is 0 Å². The van der Waals surface area contributed by atoms with E-state index in [2.05, 4.69) is 61.6 Å². The lowest BCUT2D eigenvalue weighted by Crippen LogP contribution is -2.47. The highest BCUT2D eigenvalue weighted by atomic mass is 16.5. The summed E-state index contributed by atoms with van der Waals surface area (Å²) in [5.74, 6) is 0.114. The molecule has 0 spiro atoms. The molecule has 1 heterocycles. The van der Waals surface area contributed by atoms with E-state index in [1.807, 2.05) is 0 Å². The van der Waals surface area contributed by atoms with Crippen molar-refractivity contribution in [1.82, 2.24) is 5.32 Å². The van der Waals surface area contributed by atoms with Gasteiger partial charge in [0.05, 0.1) is 12.0 Å². The highest BCUT2D eigenvalue weighted by Crippen LogP contribution is 2.38. The van der Waals surface area contributed by atoms with E-state index in [0.29, 0.717) is 26.4 Å². The van der Waals surface area contributed by atoms with E-state index in [-0.39, 0.29) is 5.91 Å². The number of aryl methyl sites for hydroxylation is 2. The van der Waals surface area contributed by atoms with Crippen molar-refractivity contribution >= 4 is 5.91 Å². The largest absolute Gasteiger partial charge is 0.383 e. The van der Waals surface area contributed by atoms with Gasteiger partial charge >= 0.3 is 0 Å². The number of carbonyl (C=O) groups excluding carboxylic acids is 1. The van der Waals surface area contributed by atoms with Gasteiger partial charge in [-0.3, -0.25) is 4.79 Å². The third kappa shape index (κ3) is 4.62. The van der Waals surface area contributed by atoms with Crippen LogP contribution in [0.1, 0.15) is 29.5 Å². The summed E-state index contributed by atoms with van der Waals surface area (Å²) in [6.45, 7) is 6.59. The second-order valence-corrected chi connectivity index (χ2v) is 7.79. The van der Waals surface area contributed by atoms with E-state index in [1.165, 1.54) is 27.8 Å². The van der Waals surface area contributed by atoms with E-state index in [4.69, 9.17) is 9.47 Å². The highest BCUT2D eigenvalue weighted by molar-refractivity contribution is 5.84. The van der Waals surface area contributed by atoms with Gasteiger partial charge in [-0.05, 0) is 55.4 Å². The van der Waals surface area contributed by atoms with Crippen LogP contribution >= 0.6 is 0 Å². The van der Waals surface area contributed by atoms with Gasteiger partial charge in [-0.15, -0.1) is 0 Å². The average molecular weight is 382 g/mol. The summed E-state index contributed by atoms with van der Waals surface area (Å²) in [5.41, 5.74) is 5.77. The van der Waals surface area contributed by atoms with Crippen molar-refractivity contribution in [3.8, 4) is 11.1 Å². The molecule has 1 amide bonds. The first-order valence-electron chi connectivity index (χ1n) is 10.1. The number of carbonyl (C=O) groups is 1. The minimum absolute atomic E-state index is 0.114. The molecule has 2 aromatic carbocycles. The third-order valence-corrected chi connectivity index (χ3v) is 5.74. The lowest BCUT2D eigenvalue weighted by molar-refractivity contribution is -0.136. The Kier molecular flexibility index (Phi) is 6.87. The van der Waals surface area contributed by atoms with Gasteiger partial charge in [-0.2, -0.15) is 0 Å². The summed E-state index contributed by atoms with van der Waals surface area (Å²) in [6, 6.07) is 15.0. The summed E-state index contributed by atoms with van der Waals surface area (Å²) < 4.78 is 10.7. The molecule has 0 unspecified atom stereocenters. The van der Waals surface area contributed by atoms with E-state index >= 15 is 0 Å². The Balaban J connectivity index is 1.92. The van der Waals surface area contributed by atoms with E-state index in [9.17, 15) is 4.79 Å². The zero-order valence-electron chi connectivity index (χ0n) is 17.2. The Morgan fingerprint density at radius 1 is 1.11 bits per heavy atom. The summed E-state index contributed by atoms with van der Waals surface area (Å²) in [7, 11) is 1.65. The van der Waals surface area contributed by atoms with E-state index < -0.39 is 5.41 Å². The lowest BCUT2D eigenvalue weighted by Gasteiger charge is -2.36. The molecular weight excluding hydrogens is 350 g/mol. The fourth-order valence-electron chi connectivity index (χ4n) is 4.12. The van der Waals surface area contributed by atoms with Crippen LogP contribution in [0.25, 0.3) is 11.1 Å². The fourth-order valence-corrected chi connectivity index (χ4v) is 4.12. The quantitative estimate of drug-likeness (QED) is 0.736. The fraction of sp³-hybridized carbons (Fsp3) is 0.458. The molecule has 0 aliphatic carbocycles. The number of amides is 1. The first kappa shape index (κ1) is 20.6. The number of hydrogen-bond acceptors (Lipinski definition) is 3. The van der Waals surface area contributed by atoms with E-state index in [1.54, 1.807) is 7.11 Å². The van der Waals surface area contributed by atoms with Gasteiger partial charge in [0.25, 0.3) is 0 Å². The molecule has 3 rings (SSSR count). The predicted octanol–water partition coefficient (Wildman–Crippen LogP) is 4.07. The average Bonchev–Trinajstić information content (AvgIpc) is 2.69. The van der Waals surface area contributed by atoms with Crippen LogP contribution in [0.2, 0.25) is 0 Å². The zero-order chi connectivity index (χ0) is 20.0. The predicted molar refractivity (Wildman–Crippen MR) is 112 cm³/mol. The first-order valence-corrected chi connectivity index (χ1v) is 10.1. The van der Waals surface area contributed by atoms with Crippen LogP contribution in [-0.4, -0.2) is 39.4 Å². The molecule has 4 nitrogen and oxygen atoms in total. The Morgan fingerprint density at radius 3 is 2.57 bits per heavy atom. The van der Waals surface area contributed by atoms with Crippen LogP contribution in [0.5, 0.6) is 0 Å². The Morgan fingerprint density at radius 2 is 1.86 bits per heavy atom. The molecular formula is C24H31NO3. The van der Waals surface area contributed by atoms with Crippen molar-refractivity contribution < 1.29 is 14.3 Å². The number of benzene rings is 2. The van der Waals surface area contributed by atoms with Crippen LogP contribution in [0, 0.1) is 19.3 Å². The van der Waals surface area contributed by atoms with Crippen molar-refractivity contribution in [1.29, 1.82) is 0 Å². The standard InChI is InChI=1S/C24H31NO3/c1-18-8-9-21(19(2)16-18)22-7-5-4-6-20(22)17-24(10-13-28-14-11-24)23(26)25-12-15-27-3/h4-9,16H,10-15,17H2,1-3H3,(H,25,26). The van der Waals surface area contributed by atoms with Crippen molar-refractivity contribution in [3.63, 3.8) is 0 Å². The second-order valence-electron chi connectivity index (χ2n) is 7.79. The van der Waals surface area contributed by atoms with Gasteiger partial charge in [-0.1, -0.05) is 48.0 Å². The molecule has 0 radical (unpaired) electrons. The first-order chi connectivity index (χ1) is 13.6. The van der Waals surface area contributed by atoms with Crippen LogP contribution in [0.15, 0.2) is 42.5 Å². The number of nitrogens with one attached hydrogen (secondary N) is 1. The maximum Gasteiger partial charge on any atom is 0.226 e. The van der Waals surface area contributed by atoms with Crippen molar-refractivity contribution in [3.05, 3.63) is 59.2 Å². The Hall–Kier alpha value is -2.17. The lowest BCUT2D eigenvalue weighted by atomic mass is 9.73. The summed E-state index contributed by atoms with van der Waals surface area (Å²) in [6.07, 6.45) is 2.21. The van der Waals surface area contributed by atoms with Gasteiger partial charge in [-0.25, -0.2) is 0 Å². The maximum atomic E-state index is 13.1. The normalized spacial score (nSPS) is 16.0. The van der Waals surface area contributed by atoms with Crippen LogP contribution in [-0.2, 0) is 20.7 Å². The number of rotatable bonds is 7. The number of hydrogen-bond donors (Lipinski definition) is 1. The smallest absolute Gasteiger partial charge is 0.226 e. The van der Waals surface area contributed by atoms with Crippen molar-refractivity contribution in [2.45, 2.75) is 33.1 Å². The Labute approximate surface area is 168 Å². The third-order valence-electron chi connectivity index (χ3n) is 5.74. The van der Waals surface area contributed by atoms with Gasteiger partial charge < -0.3 is 14.8 Å². The zero-order valence-corrected chi connectivity index (χ0v) is 17.2. The number of methoxy groups -OCH3 is 1. The molecule has 0 atom stereocenters. The summed E-state index contributed by atoms with van der Waals surface area (Å²) in [5, 5.41) is 3.07. The molecule has 2 aromatic rings. The molecule has 0 saturated carbocycles. The van der Waals surface area contributed by atoms with Gasteiger partial charge in [0, 0.05) is 26.9 Å². The highest BCUT2D eigenvalue weighted by Gasteiger charge is 2.40. The molecule has 0 aromatic heterocycles. The van der Waals surface area contributed by atoms with Crippen LogP contribution < -0.4 is 5.32 Å². The van der Waals surface area contributed by atoms with Crippen molar-refractivity contribution in [2.24, 2.45) is 5.41 Å². The summed E-state index contributed by atoms with van der Waals surface area (Å²) >= 11 is 0. The minimum atomic E-state index is -0.430. The topological polar surface area (TPSA) is 47.6 Å². The Bertz CT molecular complexity index is 809. The van der Waals surface area contributed by atoms with Crippen molar-refractivity contribution in [2.75, 3.05) is 33.5 Å². The molecule has 1 saturated heterocycles. The molecule has 4 heteroatoms. The maximum absolute atomic E-state index is 13.1. The monoisotopic (exact) mass is 381 g/mol. The molecule has 1 N–H and O–H groups in total. The second kappa shape index (κ2) is 9.35. The minimum Gasteiger partial charge on any atom is -0.383 e. The molecule has 0 bridgehead atoms.